The van der Waals surface area contributed by atoms with E-state index in [0.717, 1.165) is 18.2 Å². The van der Waals surface area contributed by atoms with Crippen molar-refractivity contribution in [2.45, 2.75) is 26.4 Å². The summed E-state index contributed by atoms with van der Waals surface area (Å²) in [5.41, 5.74) is 5.72. The van der Waals surface area contributed by atoms with Crippen LogP contribution in [-0.2, 0) is 11.3 Å². The minimum atomic E-state index is -0.647. The van der Waals surface area contributed by atoms with Crippen molar-refractivity contribution in [3.8, 4) is 0 Å². The molecule has 0 saturated heterocycles. The molecule has 18 heavy (non-hydrogen) atoms. The minimum Gasteiger partial charge on any atom is -0.351 e. The van der Waals surface area contributed by atoms with Crippen LogP contribution in [0.5, 0.6) is 0 Å². The van der Waals surface area contributed by atoms with Crippen LogP contribution in [0.3, 0.4) is 0 Å². The lowest BCUT2D eigenvalue weighted by Crippen LogP contribution is -2.43. The fraction of sp³-hybridized carbons (Fsp3) is 0.417. The quantitative estimate of drug-likeness (QED) is 0.885. The van der Waals surface area contributed by atoms with Crippen LogP contribution >= 0.6 is 12.4 Å². The fourth-order valence-corrected chi connectivity index (χ4v) is 1.28. The normalized spacial score (nSPS) is 11.9. The fourth-order valence-electron chi connectivity index (χ4n) is 1.28. The third kappa shape index (κ3) is 4.58. The molecule has 0 fully saturated rings. The van der Waals surface area contributed by atoms with E-state index in [1.54, 1.807) is 0 Å². The van der Waals surface area contributed by atoms with Crippen molar-refractivity contribution in [1.82, 2.24) is 5.32 Å². The van der Waals surface area contributed by atoms with E-state index in [4.69, 9.17) is 5.73 Å². The Balaban J connectivity index is 0.00000289. The van der Waals surface area contributed by atoms with Gasteiger partial charge in [-0.25, -0.2) is 8.78 Å². The van der Waals surface area contributed by atoms with Gasteiger partial charge in [0.05, 0.1) is 6.04 Å². The highest BCUT2D eigenvalue weighted by molar-refractivity contribution is 5.85. The lowest BCUT2D eigenvalue weighted by atomic mass is 10.0. The van der Waals surface area contributed by atoms with Gasteiger partial charge >= 0.3 is 0 Å². The van der Waals surface area contributed by atoms with Crippen molar-refractivity contribution in [2.24, 2.45) is 11.7 Å². The second-order valence-electron chi connectivity index (χ2n) is 4.22. The highest BCUT2D eigenvalue weighted by atomic mass is 35.5. The summed E-state index contributed by atoms with van der Waals surface area (Å²) in [7, 11) is 0. The van der Waals surface area contributed by atoms with Gasteiger partial charge in [-0.3, -0.25) is 4.79 Å². The molecule has 1 atom stereocenters. The Bertz CT molecular complexity index is 413. The molecule has 0 aliphatic rings. The number of amides is 1. The molecule has 0 aliphatic heterocycles. The van der Waals surface area contributed by atoms with Gasteiger partial charge in [0.1, 0.15) is 11.6 Å². The van der Waals surface area contributed by atoms with Gasteiger partial charge in [0.15, 0.2) is 0 Å². The monoisotopic (exact) mass is 278 g/mol. The maximum atomic E-state index is 13.2. The molecule has 102 valence electrons. The first-order chi connectivity index (χ1) is 7.91. The first-order valence-electron chi connectivity index (χ1n) is 5.39. The van der Waals surface area contributed by atoms with Crippen molar-refractivity contribution in [3.05, 3.63) is 35.4 Å². The molecule has 1 rings (SSSR count). The van der Waals surface area contributed by atoms with E-state index in [1.807, 2.05) is 13.8 Å². The van der Waals surface area contributed by atoms with Gasteiger partial charge in [-0.15, -0.1) is 12.4 Å². The van der Waals surface area contributed by atoms with Gasteiger partial charge in [0, 0.05) is 12.1 Å². The maximum absolute atomic E-state index is 13.2. The number of halogens is 3. The minimum absolute atomic E-state index is 0. The van der Waals surface area contributed by atoms with Crippen LogP contribution in [0, 0.1) is 17.6 Å². The molecule has 0 bridgehead atoms. The van der Waals surface area contributed by atoms with Crippen LogP contribution in [0.4, 0.5) is 8.78 Å². The number of carbonyl (C=O) groups excluding carboxylic acids is 1. The Morgan fingerprint density at radius 2 is 2.00 bits per heavy atom. The molecule has 1 aromatic carbocycles. The molecule has 0 aromatic heterocycles. The molecule has 0 heterocycles. The zero-order valence-electron chi connectivity index (χ0n) is 10.2. The molecule has 3 N–H and O–H groups in total. The van der Waals surface area contributed by atoms with E-state index in [-0.39, 0.29) is 36.3 Å². The summed E-state index contributed by atoms with van der Waals surface area (Å²) >= 11 is 0. The molecule has 0 unspecified atom stereocenters. The highest BCUT2D eigenvalue weighted by Crippen LogP contribution is 2.09. The van der Waals surface area contributed by atoms with E-state index >= 15 is 0 Å². The summed E-state index contributed by atoms with van der Waals surface area (Å²) in [6, 6.07) is 2.46. The van der Waals surface area contributed by atoms with Crippen molar-refractivity contribution < 1.29 is 13.6 Å². The molecule has 1 aromatic rings. The number of benzene rings is 1. The van der Waals surface area contributed by atoms with Gasteiger partial charge in [-0.1, -0.05) is 13.8 Å². The third-order valence-electron chi connectivity index (χ3n) is 2.48. The lowest BCUT2D eigenvalue weighted by molar-refractivity contribution is -0.123. The van der Waals surface area contributed by atoms with Crippen LogP contribution in [0.1, 0.15) is 19.4 Å². The molecule has 1 amide bonds. The SMILES string of the molecule is CC(C)[C@@H](N)C(=O)NCc1cc(F)ccc1F.Cl. The Kier molecular flexibility index (Phi) is 6.80. The van der Waals surface area contributed by atoms with Crippen molar-refractivity contribution in [1.29, 1.82) is 0 Å². The second-order valence-corrected chi connectivity index (χ2v) is 4.22. The van der Waals surface area contributed by atoms with Gasteiger partial charge < -0.3 is 11.1 Å². The molecular formula is C12H17ClF2N2O. The van der Waals surface area contributed by atoms with E-state index in [1.165, 1.54) is 0 Å². The average molecular weight is 279 g/mol. The van der Waals surface area contributed by atoms with Crippen molar-refractivity contribution in [3.63, 3.8) is 0 Å². The Hall–Kier alpha value is -1.20. The summed E-state index contributed by atoms with van der Waals surface area (Å²) in [4.78, 5) is 11.5. The number of rotatable bonds is 4. The number of nitrogens with two attached hydrogens (primary N) is 1. The number of nitrogens with one attached hydrogen (secondary N) is 1. The van der Waals surface area contributed by atoms with Crippen molar-refractivity contribution in [2.75, 3.05) is 0 Å². The first-order valence-corrected chi connectivity index (χ1v) is 5.39. The standard InChI is InChI=1S/C12H16F2N2O.ClH/c1-7(2)11(15)12(17)16-6-8-5-9(13)3-4-10(8)14;/h3-5,7,11H,6,15H2,1-2H3,(H,16,17);1H/t11-;/m1./s1. The molecule has 3 nitrogen and oxygen atoms in total. The summed E-state index contributed by atoms with van der Waals surface area (Å²) in [5.74, 6) is -1.47. The van der Waals surface area contributed by atoms with E-state index in [0.29, 0.717) is 0 Å². The summed E-state index contributed by atoms with van der Waals surface area (Å²) < 4.78 is 26.1. The number of hydrogen-bond acceptors (Lipinski definition) is 2. The first kappa shape index (κ1) is 16.8. The third-order valence-corrected chi connectivity index (χ3v) is 2.48. The predicted molar refractivity (Wildman–Crippen MR) is 68.3 cm³/mol. The van der Waals surface area contributed by atoms with Crippen LogP contribution in [-0.4, -0.2) is 11.9 Å². The summed E-state index contributed by atoms with van der Waals surface area (Å²) in [6.07, 6.45) is 0. The van der Waals surface area contributed by atoms with Gasteiger partial charge in [-0.05, 0) is 24.1 Å². The molecule has 0 saturated carbocycles. The van der Waals surface area contributed by atoms with Gasteiger partial charge in [-0.2, -0.15) is 0 Å². The zero-order chi connectivity index (χ0) is 13.0. The summed E-state index contributed by atoms with van der Waals surface area (Å²) in [6.45, 7) is 3.56. The smallest absolute Gasteiger partial charge is 0.237 e. The van der Waals surface area contributed by atoms with Crippen LogP contribution in [0.25, 0.3) is 0 Å². The Labute approximate surface area is 111 Å². The predicted octanol–water partition coefficient (Wildman–Crippen LogP) is 1.99. The second kappa shape index (κ2) is 7.28. The molecule has 0 spiro atoms. The lowest BCUT2D eigenvalue weighted by Gasteiger charge is -2.15. The van der Waals surface area contributed by atoms with E-state index in [2.05, 4.69) is 5.32 Å². The topological polar surface area (TPSA) is 55.1 Å². The van der Waals surface area contributed by atoms with E-state index < -0.39 is 17.7 Å². The molecule has 0 radical (unpaired) electrons. The largest absolute Gasteiger partial charge is 0.351 e. The Morgan fingerprint density at radius 3 is 2.56 bits per heavy atom. The maximum Gasteiger partial charge on any atom is 0.237 e. The summed E-state index contributed by atoms with van der Waals surface area (Å²) in [5, 5.41) is 2.48. The van der Waals surface area contributed by atoms with Crippen LogP contribution in [0.2, 0.25) is 0 Å². The van der Waals surface area contributed by atoms with E-state index in [9.17, 15) is 13.6 Å². The van der Waals surface area contributed by atoms with Crippen LogP contribution in [0.15, 0.2) is 18.2 Å². The van der Waals surface area contributed by atoms with Crippen LogP contribution < -0.4 is 11.1 Å². The average Bonchev–Trinajstić information content (AvgIpc) is 2.28. The molecule has 6 heteroatoms. The molecule has 0 aliphatic carbocycles. The van der Waals surface area contributed by atoms with Crippen molar-refractivity contribution >= 4 is 18.3 Å². The zero-order valence-corrected chi connectivity index (χ0v) is 11.1. The molecular weight excluding hydrogens is 262 g/mol. The Morgan fingerprint density at radius 1 is 1.39 bits per heavy atom. The number of hydrogen-bond donors (Lipinski definition) is 2. The van der Waals surface area contributed by atoms with Gasteiger partial charge in [0.25, 0.3) is 0 Å². The van der Waals surface area contributed by atoms with Gasteiger partial charge in [0.2, 0.25) is 5.91 Å². The number of carbonyl (C=O) groups is 1. The highest BCUT2D eigenvalue weighted by Gasteiger charge is 2.17.